The number of benzene rings is 2. The van der Waals surface area contributed by atoms with Crippen LogP contribution in [0.4, 0.5) is 0 Å². The van der Waals surface area contributed by atoms with E-state index in [-0.39, 0.29) is 0 Å². The third-order valence-electron chi connectivity index (χ3n) is 2.61. The molecule has 84 valence electrons. The Hall–Kier alpha value is -1.75. The van der Waals surface area contributed by atoms with E-state index in [1.54, 1.807) is 0 Å². The highest BCUT2D eigenvalue weighted by Crippen LogP contribution is 2.28. The second-order valence-corrected chi connectivity index (χ2v) is 3.85. The van der Waals surface area contributed by atoms with Crippen LogP contribution in [0.5, 0.6) is 0 Å². The molecule has 0 bridgehead atoms. The summed E-state index contributed by atoms with van der Waals surface area (Å²) in [6.45, 7) is 0. The fourth-order valence-electron chi connectivity index (χ4n) is 1.74. The Kier molecular flexibility index (Phi) is 3.49. The van der Waals surface area contributed by atoms with Crippen LogP contribution in [0.25, 0.3) is 0 Å². The van der Waals surface area contributed by atoms with Gasteiger partial charge in [0, 0.05) is 16.5 Å². The van der Waals surface area contributed by atoms with E-state index < -0.39 is 5.60 Å². The van der Waals surface area contributed by atoms with Gasteiger partial charge in [-0.25, -0.2) is 0 Å². The van der Waals surface area contributed by atoms with Crippen LogP contribution in [-0.4, -0.2) is 5.11 Å². The number of hydrogen-bond donors (Lipinski definition) is 1. The Morgan fingerprint density at radius 3 is 1.59 bits per heavy atom. The van der Waals surface area contributed by atoms with Crippen molar-refractivity contribution >= 4 is 11.6 Å². The summed E-state index contributed by atoms with van der Waals surface area (Å²) in [6, 6.07) is 18.5. The fraction of sp³-hybridized carbons (Fsp3) is 0.0667. The summed E-state index contributed by atoms with van der Waals surface area (Å²) < 4.78 is 0. The number of halogens is 1. The van der Waals surface area contributed by atoms with E-state index >= 15 is 0 Å². The summed E-state index contributed by atoms with van der Waals surface area (Å²) in [7, 11) is 0. The van der Waals surface area contributed by atoms with Gasteiger partial charge in [0.2, 0.25) is 0 Å². The van der Waals surface area contributed by atoms with E-state index in [1.807, 2.05) is 60.7 Å². The summed E-state index contributed by atoms with van der Waals surface area (Å²) in [5.41, 5.74) is 0.0586. The molecule has 0 atom stereocenters. The molecule has 0 saturated heterocycles. The first kappa shape index (κ1) is 11.7. The molecule has 0 fully saturated rings. The van der Waals surface area contributed by atoms with Crippen molar-refractivity contribution in [3.63, 3.8) is 0 Å². The van der Waals surface area contributed by atoms with Crippen LogP contribution >= 0.6 is 11.6 Å². The summed E-state index contributed by atoms with van der Waals surface area (Å²) in [5, 5.41) is 13.0. The van der Waals surface area contributed by atoms with Gasteiger partial charge in [0.1, 0.15) is 0 Å². The second kappa shape index (κ2) is 5.05. The van der Waals surface area contributed by atoms with Gasteiger partial charge in [0.05, 0.1) is 0 Å². The van der Waals surface area contributed by atoms with E-state index in [1.165, 1.54) is 0 Å². The minimum Gasteiger partial charge on any atom is -0.369 e. The zero-order valence-corrected chi connectivity index (χ0v) is 9.85. The molecule has 0 aliphatic carbocycles. The van der Waals surface area contributed by atoms with Gasteiger partial charge >= 0.3 is 0 Å². The highest BCUT2D eigenvalue weighted by molar-refractivity contribution is 6.30. The molecule has 0 radical (unpaired) electrons. The molecule has 17 heavy (non-hydrogen) atoms. The average Bonchev–Trinajstić information content (AvgIpc) is 2.41. The van der Waals surface area contributed by atoms with Crippen molar-refractivity contribution in [2.75, 3.05) is 0 Å². The predicted octanol–water partition coefficient (Wildman–Crippen LogP) is 3.12. The molecule has 0 unspecified atom stereocenters. The van der Waals surface area contributed by atoms with Gasteiger partial charge in [0.25, 0.3) is 0 Å². The molecule has 0 aliphatic rings. The van der Waals surface area contributed by atoms with Crippen molar-refractivity contribution in [1.82, 2.24) is 0 Å². The third-order valence-corrected chi connectivity index (χ3v) is 2.71. The van der Waals surface area contributed by atoms with Gasteiger partial charge < -0.3 is 5.11 Å². The van der Waals surface area contributed by atoms with E-state index in [2.05, 4.69) is 11.3 Å². The van der Waals surface area contributed by atoms with E-state index in [0.717, 1.165) is 0 Å². The summed E-state index contributed by atoms with van der Waals surface area (Å²) in [6.07, 6.45) is 0. The van der Waals surface area contributed by atoms with Crippen molar-refractivity contribution in [2.24, 2.45) is 0 Å². The Morgan fingerprint density at radius 2 is 1.24 bits per heavy atom. The Labute approximate surface area is 106 Å². The lowest BCUT2D eigenvalue weighted by molar-refractivity contribution is 0.145. The predicted molar refractivity (Wildman–Crippen MR) is 69.5 cm³/mol. The van der Waals surface area contributed by atoms with Gasteiger partial charge in [-0.15, -0.1) is 0 Å². The molecule has 2 aromatic rings. The number of rotatable bonds is 2. The van der Waals surface area contributed by atoms with Crippen LogP contribution in [0.15, 0.2) is 60.7 Å². The van der Waals surface area contributed by atoms with Gasteiger partial charge in [-0.05, 0) is 17.5 Å². The van der Waals surface area contributed by atoms with E-state index in [0.29, 0.717) is 11.1 Å². The van der Waals surface area contributed by atoms with Gasteiger partial charge in [-0.2, -0.15) is 0 Å². The van der Waals surface area contributed by atoms with Crippen molar-refractivity contribution in [3.05, 3.63) is 71.8 Å². The SMILES string of the molecule is OC(C#CCl)(c1ccccc1)c1ccccc1. The molecule has 1 nitrogen and oxygen atoms in total. The van der Waals surface area contributed by atoms with E-state index in [9.17, 15) is 5.11 Å². The summed E-state index contributed by atoms with van der Waals surface area (Å²) in [4.78, 5) is 0. The van der Waals surface area contributed by atoms with Crippen LogP contribution < -0.4 is 0 Å². The molecule has 2 aromatic carbocycles. The van der Waals surface area contributed by atoms with Crippen molar-refractivity contribution in [2.45, 2.75) is 5.60 Å². The minimum absolute atomic E-state index is 0.708. The maximum absolute atomic E-state index is 10.7. The average molecular weight is 243 g/mol. The Bertz CT molecular complexity index is 498. The molecule has 2 rings (SSSR count). The van der Waals surface area contributed by atoms with Gasteiger partial charge in [-0.1, -0.05) is 60.7 Å². The van der Waals surface area contributed by atoms with Crippen LogP contribution in [0.2, 0.25) is 0 Å². The molecule has 0 amide bonds. The number of aliphatic hydroxyl groups is 1. The van der Waals surface area contributed by atoms with Crippen molar-refractivity contribution in [1.29, 1.82) is 0 Å². The van der Waals surface area contributed by atoms with Crippen molar-refractivity contribution < 1.29 is 5.11 Å². The lowest BCUT2D eigenvalue weighted by atomic mass is 9.87. The Morgan fingerprint density at radius 1 is 0.824 bits per heavy atom. The lowest BCUT2D eigenvalue weighted by Crippen LogP contribution is -2.24. The third kappa shape index (κ3) is 2.34. The molecule has 1 N–H and O–H groups in total. The van der Waals surface area contributed by atoms with Crippen LogP contribution in [0, 0.1) is 11.3 Å². The summed E-state index contributed by atoms with van der Waals surface area (Å²) >= 11 is 5.46. The standard InChI is InChI=1S/C15H11ClO/c16-12-11-15(17,13-7-3-1-4-8-13)14-9-5-2-6-10-14/h1-10,17H. The Balaban J connectivity index is 2.58. The molecule has 0 aromatic heterocycles. The largest absolute Gasteiger partial charge is 0.369 e. The topological polar surface area (TPSA) is 20.2 Å². The highest BCUT2D eigenvalue weighted by atomic mass is 35.5. The quantitative estimate of drug-likeness (QED) is 0.803. The van der Waals surface area contributed by atoms with E-state index in [4.69, 9.17) is 11.6 Å². The molecule has 0 saturated carbocycles. The maximum atomic E-state index is 10.7. The summed E-state index contributed by atoms with van der Waals surface area (Å²) in [5.74, 6) is 2.66. The highest BCUT2D eigenvalue weighted by Gasteiger charge is 2.28. The van der Waals surface area contributed by atoms with Gasteiger partial charge in [-0.3, -0.25) is 0 Å². The molecule has 0 aliphatic heterocycles. The molecule has 0 heterocycles. The monoisotopic (exact) mass is 242 g/mol. The molecular weight excluding hydrogens is 232 g/mol. The van der Waals surface area contributed by atoms with Gasteiger partial charge in [0.15, 0.2) is 5.60 Å². The zero-order valence-electron chi connectivity index (χ0n) is 9.10. The maximum Gasteiger partial charge on any atom is 0.178 e. The van der Waals surface area contributed by atoms with Crippen molar-refractivity contribution in [3.8, 4) is 11.3 Å². The first-order chi connectivity index (χ1) is 8.27. The van der Waals surface area contributed by atoms with Crippen LogP contribution in [0.1, 0.15) is 11.1 Å². The lowest BCUT2D eigenvalue weighted by Gasteiger charge is -2.23. The zero-order chi connectivity index (χ0) is 12.1. The number of hydrogen-bond acceptors (Lipinski definition) is 1. The minimum atomic E-state index is -1.36. The first-order valence-corrected chi connectivity index (χ1v) is 5.61. The second-order valence-electron chi connectivity index (χ2n) is 3.66. The molecular formula is C15H11ClO. The molecule has 0 spiro atoms. The molecule has 2 heteroatoms. The fourth-order valence-corrected chi connectivity index (χ4v) is 1.87. The normalized spacial score (nSPS) is 10.5. The first-order valence-electron chi connectivity index (χ1n) is 5.23. The van der Waals surface area contributed by atoms with Crippen LogP contribution in [-0.2, 0) is 5.60 Å². The van der Waals surface area contributed by atoms with Crippen LogP contribution in [0.3, 0.4) is 0 Å². The smallest absolute Gasteiger partial charge is 0.178 e.